The first kappa shape index (κ1) is 42.3. The fraction of sp³-hybridized carbons (Fsp3) is 0.500. The normalized spacial score (nSPS) is 23.9. The monoisotopic (exact) mass is 637 g/mol. The molecule has 0 radical (unpaired) electrons. The molecule has 1 aliphatic rings. The number of aromatic nitrogens is 4. The fourth-order valence-electron chi connectivity index (χ4n) is 2.90. The third kappa shape index (κ3) is 11.7. The summed E-state index contributed by atoms with van der Waals surface area (Å²) in [6.45, 7) is -0.0810. The average molecular weight is 637 g/mol. The van der Waals surface area contributed by atoms with Crippen LogP contribution in [0.4, 0.5) is 5.82 Å². The van der Waals surface area contributed by atoms with Crippen molar-refractivity contribution in [2.45, 2.75) is 31.5 Å². The van der Waals surface area contributed by atoms with Crippen LogP contribution in [0.2, 0.25) is 0 Å². The molecule has 3 N–H and O–H groups in total. The number of carbonyl (C=O) groups is 1. The second kappa shape index (κ2) is 16.9. The molecule has 3 heterocycles. The average Bonchev–Trinajstić information content (AvgIpc) is 3.20. The maximum Gasteiger partial charge on any atom is 1.00 e. The van der Waals surface area contributed by atoms with Gasteiger partial charge in [0.25, 0.3) is 15.6 Å². The van der Waals surface area contributed by atoms with Crippen LogP contribution < -0.4 is 144 Å². The molecule has 2 unspecified atom stereocenters. The Labute approximate surface area is 302 Å². The third-order valence-electron chi connectivity index (χ3n) is 4.07. The van der Waals surface area contributed by atoms with E-state index in [-0.39, 0.29) is 135 Å². The molecule has 2 aromatic heterocycles. The van der Waals surface area contributed by atoms with Crippen molar-refractivity contribution in [3.8, 4) is 0 Å². The number of nitrogens with zero attached hydrogens (tertiary/aromatic N) is 4. The second-order valence-corrected chi connectivity index (χ2v) is 10.8. The van der Waals surface area contributed by atoms with E-state index < -0.39 is 60.6 Å². The standard InChI is InChI=1S/C12H18N5O14P3.4Na/c1-5(18)28-9-8(19)6(2-27-33(23,24)31-34(25,26)30-32(20,21)22)29-12(9)17-4-16-7-10(13)14-3-15-11(7)17;;;;/h3-4,6,8-9,12,19H,2H2,1H3,(H,23,24)(H,25,26)(H2,13,14,15)(H2,20,21,22);;;;/q;4*+1/p-4/t6-,8-,9-,12-;;;;/m1..../s1. The number of fused-ring (bicyclic) bond motifs is 1. The van der Waals surface area contributed by atoms with Crippen LogP contribution in [0, 0.1) is 0 Å². The van der Waals surface area contributed by atoms with Crippen molar-refractivity contribution in [1.82, 2.24) is 19.5 Å². The predicted octanol–water partition coefficient (Wildman–Crippen LogP) is -15.6. The van der Waals surface area contributed by atoms with Crippen molar-refractivity contribution in [2.24, 2.45) is 0 Å². The van der Waals surface area contributed by atoms with Gasteiger partial charge in [0, 0.05) is 6.92 Å². The Morgan fingerprint density at radius 1 is 1.08 bits per heavy atom. The SMILES string of the molecule is CC(=O)O[C@@H]1[C@H](O)[C@@H](COP(=O)([O-])OP(=O)([O-])OP(=O)([O-])[O-])O[C@H]1n1cnc2c(N)ncnc21.[Na+].[Na+].[Na+].[Na+]. The van der Waals surface area contributed by atoms with Crippen LogP contribution in [0.5, 0.6) is 0 Å². The molecule has 0 saturated carbocycles. The van der Waals surface area contributed by atoms with Gasteiger partial charge in [0.1, 0.15) is 24.1 Å². The number of nitrogen functional groups attached to an aromatic ring is 1. The number of aliphatic hydroxyl groups excluding tert-OH is 1. The van der Waals surface area contributed by atoms with Crippen molar-refractivity contribution in [1.29, 1.82) is 0 Å². The van der Waals surface area contributed by atoms with Gasteiger partial charge in [-0.05, 0) is 0 Å². The maximum absolute atomic E-state index is 11.7. The van der Waals surface area contributed by atoms with Gasteiger partial charge < -0.3 is 49.0 Å². The smallest absolute Gasteiger partial charge is 0.790 e. The molecule has 1 fully saturated rings. The first-order chi connectivity index (χ1) is 15.6. The second-order valence-electron chi connectivity index (χ2n) is 6.51. The molecule has 26 heteroatoms. The number of phosphoric acid groups is 3. The summed E-state index contributed by atoms with van der Waals surface area (Å²) in [6.07, 6.45) is -3.83. The van der Waals surface area contributed by atoms with E-state index in [0.29, 0.717) is 0 Å². The zero-order chi connectivity index (χ0) is 25.5. The van der Waals surface area contributed by atoms with Crippen LogP contribution in [0.25, 0.3) is 11.2 Å². The Kier molecular flexibility index (Phi) is 18.7. The van der Waals surface area contributed by atoms with E-state index in [0.717, 1.165) is 13.3 Å². The summed E-state index contributed by atoms with van der Waals surface area (Å²) >= 11 is 0. The first-order valence-corrected chi connectivity index (χ1v) is 13.1. The van der Waals surface area contributed by atoms with Crippen molar-refractivity contribution in [3.63, 3.8) is 0 Å². The van der Waals surface area contributed by atoms with Crippen LogP contribution in [0.15, 0.2) is 12.7 Å². The van der Waals surface area contributed by atoms with E-state index >= 15 is 0 Å². The van der Waals surface area contributed by atoms with E-state index in [1.807, 2.05) is 0 Å². The molecule has 0 aliphatic carbocycles. The molecular formula is C12H14N5Na4O14P3. The number of phosphoric ester groups is 1. The van der Waals surface area contributed by atoms with Gasteiger partial charge in [-0.1, -0.05) is 0 Å². The van der Waals surface area contributed by atoms with Gasteiger partial charge in [-0.2, -0.15) is 0 Å². The van der Waals surface area contributed by atoms with Crippen LogP contribution in [-0.4, -0.2) is 55.5 Å². The summed E-state index contributed by atoms with van der Waals surface area (Å²) in [7, 11) is -18.2. The molecule has 2 aromatic rings. The van der Waals surface area contributed by atoms with Crippen LogP contribution in [-0.2, 0) is 41.1 Å². The molecule has 190 valence electrons. The molecule has 0 aromatic carbocycles. The van der Waals surface area contributed by atoms with Gasteiger partial charge in [0.15, 0.2) is 23.8 Å². The quantitative estimate of drug-likeness (QED) is 0.146. The number of anilines is 1. The van der Waals surface area contributed by atoms with Gasteiger partial charge in [-0.3, -0.25) is 22.8 Å². The zero-order valence-electron chi connectivity index (χ0n) is 20.6. The number of nitrogens with two attached hydrogens (primary N) is 1. The van der Waals surface area contributed by atoms with Gasteiger partial charge in [0.05, 0.1) is 20.8 Å². The van der Waals surface area contributed by atoms with Gasteiger partial charge in [-0.25, -0.2) is 19.3 Å². The van der Waals surface area contributed by atoms with Gasteiger partial charge in [-0.15, -0.1) is 0 Å². The minimum Gasteiger partial charge on any atom is -0.790 e. The summed E-state index contributed by atoms with van der Waals surface area (Å²) in [6, 6.07) is 0. The van der Waals surface area contributed by atoms with Crippen LogP contribution >= 0.6 is 23.5 Å². The van der Waals surface area contributed by atoms with Crippen LogP contribution in [0.3, 0.4) is 0 Å². The molecular weight excluding hydrogens is 623 g/mol. The molecule has 0 bridgehead atoms. The summed E-state index contributed by atoms with van der Waals surface area (Å²) in [5.74, 6) is -0.847. The largest absolute Gasteiger partial charge is 1.00 e. The van der Waals surface area contributed by atoms with E-state index in [4.69, 9.17) is 15.2 Å². The van der Waals surface area contributed by atoms with Crippen LogP contribution in [0.1, 0.15) is 13.2 Å². The Bertz CT molecular complexity index is 1230. The minimum absolute atomic E-state index is 0. The van der Waals surface area contributed by atoms with Crippen molar-refractivity contribution in [2.75, 3.05) is 12.3 Å². The Hall–Kier alpha value is 2.15. The number of esters is 1. The number of ether oxygens (including phenoxy) is 2. The first-order valence-electron chi connectivity index (χ1n) is 8.74. The summed E-state index contributed by atoms with van der Waals surface area (Å²) in [5, 5.41) is 10.5. The maximum atomic E-state index is 11.7. The minimum atomic E-state index is -6.18. The Morgan fingerprint density at radius 2 is 1.68 bits per heavy atom. The number of imidazole rings is 1. The van der Waals surface area contributed by atoms with Gasteiger partial charge >= 0.3 is 124 Å². The molecule has 38 heavy (non-hydrogen) atoms. The number of rotatable bonds is 9. The van der Waals surface area contributed by atoms with Crippen molar-refractivity contribution >= 4 is 46.4 Å². The van der Waals surface area contributed by atoms with E-state index in [1.54, 1.807) is 0 Å². The molecule has 6 atom stereocenters. The molecule has 1 aliphatic heterocycles. The molecule has 0 amide bonds. The number of hydrogen-bond acceptors (Lipinski definition) is 18. The van der Waals surface area contributed by atoms with Crippen molar-refractivity contribution in [3.05, 3.63) is 12.7 Å². The summed E-state index contributed by atoms with van der Waals surface area (Å²) in [5.41, 5.74) is 5.95. The van der Waals surface area contributed by atoms with E-state index in [2.05, 4.69) is 28.1 Å². The van der Waals surface area contributed by atoms with E-state index in [9.17, 15) is 43.2 Å². The predicted molar refractivity (Wildman–Crippen MR) is 96.1 cm³/mol. The topological polar surface area (TPSA) is 297 Å². The van der Waals surface area contributed by atoms with E-state index in [1.165, 1.54) is 10.9 Å². The Balaban J connectivity index is 0. The fourth-order valence-corrected chi connectivity index (χ4v) is 5.77. The molecule has 0 spiro atoms. The third-order valence-corrected chi connectivity index (χ3v) is 7.74. The molecule has 1 saturated heterocycles. The van der Waals surface area contributed by atoms with Crippen molar-refractivity contribution < 1.29 is 184 Å². The summed E-state index contributed by atoms with van der Waals surface area (Å²) < 4.78 is 55.9. The Morgan fingerprint density at radius 3 is 2.24 bits per heavy atom. The summed E-state index contributed by atoms with van der Waals surface area (Å²) in [4.78, 5) is 67.0. The molecule has 19 nitrogen and oxygen atoms in total. The number of aliphatic hydroxyl groups is 1. The van der Waals surface area contributed by atoms with Gasteiger partial charge in [0.2, 0.25) is 0 Å². The number of hydrogen-bond donors (Lipinski definition) is 2. The molecule has 3 rings (SSSR count). The zero-order valence-corrected chi connectivity index (χ0v) is 31.3. The number of carbonyl (C=O) groups excluding carboxylic acids is 1.